The number of hydrogen-bond acceptors (Lipinski definition) is 4. The highest BCUT2D eigenvalue weighted by Crippen LogP contribution is 2.24. The number of ether oxygens (including phenoxy) is 1. The van der Waals surface area contributed by atoms with Crippen LogP contribution in [0, 0.1) is 0 Å². The molecule has 112 valence electrons. The number of rotatable bonds is 7. The molecule has 0 fully saturated rings. The lowest BCUT2D eigenvalue weighted by Gasteiger charge is -2.19. The molecule has 2 rings (SSSR count). The Kier molecular flexibility index (Phi) is 5.32. The molecule has 4 nitrogen and oxygen atoms in total. The van der Waals surface area contributed by atoms with E-state index >= 15 is 0 Å². The van der Waals surface area contributed by atoms with Crippen molar-refractivity contribution in [2.24, 2.45) is 0 Å². The van der Waals surface area contributed by atoms with Gasteiger partial charge in [0.2, 0.25) is 0 Å². The maximum absolute atomic E-state index is 5.80. The first-order valence-electron chi connectivity index (χ1n) is 7.14. The number of nitrogens with one attached hydrogen (secondary N) is 1. The highest BCUT2D eigenvalue weighted by molar-refractivity contribution is 5.61. The van der Waals surface area contributed by atoms with Crippen LogP contribution in [-0.4, -0.2) is 27.2 Å². The molecule has 2 aromatic rings. The number of nitrogens with zero attached hydrogens (tertiary/aromatic N) is 1. The lowest BCUT2D eigenvalue weighted by molar-refractivity contribution is 0.417. The van der Waals surface area contributed by atoms with E-state index in [1.807, 2.05) is 24.3 Å². The Balaban J connectivity index is 1.77. The molecule has 0 aliphatic rings. The zero-order valence-corrected chi connectivity index (χ0v) is 12.7. The van der Waals surface area contributed by atoms with E-state index in [9.17, 15) is 0 Å². The summed E-state index contributed by atoms with van der Waals surface area (Å²) in [6.07, 6.45) is 1.05. The SMILES string of the molecule is COc1cc(NCCCN(C)c2ccccc2)ccc1N. The molecule has 0 amide bonds. The molecule has 2 aromatic carbocycles. The number of anilines is 3. The third kappa shape index (κ3) is 4.31. The van der Waals surface area contributed by atoms with E-state index in [0.717, 1.165) is 25.2 Å². The Labute approximate surface area is 126 Å². The molecule has 0 atom stereocenters. The van der Waals surface area contributed by atoms with Gasteiger partial charge in [0.25, 0.3) is 0 Å². The van der Waals surface area contributed by atoms with Gasteiger partial charge in [-0.1, -0.05) is 18.2 Å². The molecule has 0 aromatic heterocycles. The molecule has 0 unspecified atom stereocenters. The molecular formula is C17H23N3O. The summed E-state index contributed by atoms with van der Waals surface area (Å²) in [6, 6.07) is 16.2. The van der Waals surface area contributed by atoms with Crippen molar-refractivity contribution >= 4 is 17.1 Å². The van der Waals surface area contributed by atoms with Crippen LogP contribution in [0.1, 0.15) is 6.42 Å². The van der Waals surface area contributed by atoms with Crippen molar-refractivity contribution in [3.8, 4) is 5.75 Å². The second-order valence-electron chi connectivity index (χ2n) is 4.99. The second kappa shape index (κ2) is 7.43. The second-order valence-corrected chi connectivity index (χ2v) is 4.99. The van der Waals surface area contributed by atoms with Gasteiger partial charge in [-0.3, -0.25) is 0 Å². The van der Waals surface area contributed by atoms with Gasteiger partial charge in [0.15, 0.2) is 0 Å². The summed E-state index contributed by atoms with van der Waals surface area (Å²) in [7, 11) is 3.74. The minimum Gasteiger partial charge on any atom is -0.495 e. The quantitative estimate of drug-likeness (QED) is 0.606. The van der Waals surface area contributed by atoms with Crippen LogP contribution < -0.4 is 20.7 Å². The third-order valence-corrected chi connectivity index (χ3v) is 3.43. The van der Waals surface area contributed by atoms with Crippen LogP contribution in [0.5, 0.6) is 5.75 Å². The van der Waals surface area contributed by atoms with E-state index in [1.54, 1.807) is 7.11 Å². The third-order valence-electron chi connectivity index (χ3n) is 3.43. The van der Waals surface area contributed by atoms with Crippen molar-refractivity contribution in [3.63, 3.8) is 0 Å². The summed E-state index contributed by atoms with van der Waals surface area (Å²) < 4.78 is 5.21. The van der Waals surface area contributed by atoms with Crippen LogP contribution >= 0.6 is 0 Å². The lowest BCUT2D eigenvalue weighted by Crippen LogP contribution is -2.20. The van der Waals surface area contributed by atoms with Crippen molar-refractivity contribution < 1.29 is 4.74 Å². The van der Waals surface area contributed by atoms with Gasteiger partial charge in [0.1, 0.15) is 5.75 Å². The topological polar surface area (TPSA) is 50.5 Å². The monoisotopic (exact) mass is 285 g/mol. The van der Waals surface area contributed by atoms with Gasteiger partial charge in [-0.05, 0) is 30.7 Å². The highest BCUT2D eigenvalue weighted by Gasteiger charge is 2.02. The molecule has 0 aliphatic carbocycles. The largest absolute Gasteiger partial charge is 0.495 e. The fourth-order valence-corrected chi connectivity index (χ4v) is 2.18. The zero-order chi connectivity index (χ0) is 15.1. The van der Waals surface area contributed by atoms with Crippen LogP contribution in [-0.2, 0) is 0 Å². The summed E-state index contributed by atoms with van der Waals surface area (Å²) in [5.74, 6) is 0.710. The Hall–Kier alpha value is -2.36. The number of para-hydroxylation sites is 1. The van der Waals surface area contributed by atoms with Crippen LogP contribution in [0.4, 0.5) is 17.1 Å². The minimum atomic E-state index is 0.659. The van der Waals surface area contributed by atoms with Gasteiger partial charge < -0.3 is 20.7 Å². The summed E-state index contributed by atoms with van der Waals surface area (Å²) in [5.41, 5.74) is 8.73. The molecule has 4 heteroatoms. The first-order chi connectivity index (χ1) is 10.2. The average Bonchev–Trinajstić information content (AvgIpc) is 2.53. The van der Waals surface area contributed by atoms with Gasteiger partial charge in [-0.2, -0.15) is 0 Å². The van der Waals surface area contributed by atoms with Crippen molar-refractivity contribution in [1.29, 1.82) is 0 Å². The highest BCUT2D eigenvalue weighted by atomic mass is 16.5. The number of nitrogen functional groups attached to an aromatic ring is 1. The Morgan fingerprint density at radius 1 is 1.14 bits per heavy atom. The van der Waals surface area contributed by atoms with Crippen LogP contribution in [0.3, 0.4) is 0 Å². The van der Waals surface area contributed by atoms with E-state index in [-0.39, 0.29) is 0 Å². The Morgan fingerprint density at radius 3 is 2.62 bits per heavy atom. The summed E-state index contributed by atoms with van der Waals surface area (Å²) in [6.45, 7) is 1.91. The predicted molar refractivity (Wildman–Crippen MR) is 90.2 cm³/mol. The number of methoxy groups -OCH3 is 1. The summed E-state index contributed by atoms with van der Waals surface area (Å²) in [5, 5.41) is 3.39. The summed E-state index contributed by atoms with van der Waals surface area (Å²) in [4.78, 5) is 2.26. The average molecular weight is 285 g/mol. The molecule has 0 aliphatic heterocycles. The zero-order valence-electron chi connectivity index (χ0n) is 12.7. The Bertz CT molecular complexity index is 557. The van der Waals surface area contributed by atoms with Crippen LogP contribution in [0.2, 0.25) is 0 Å². The molecule has 0 heterocycles. The maximum Gasteiger partial charge on any atom is 0.143 e. The van der Waals surface area contributed by atoms with Gasteiger partial charge >= 0.3 is 0 Å². The smallest absolute Gasteiger partial charge is 0.143 e. The Morgan fingerprint density at radius 2 is 1.90 bits per heavy atom. The fourth-order valence-electron chi connectivity index (χ4n) is 2.18. The van der Waals surface area contributed by atoms with E-state index in [0.29, 0.717) is 11.4 Å². The van der Waals surface area contributed by atoms with E-state index in [4.69, 9.17) is 10.5 Å². The number of benzene rings is 2. The van der Waals surface area contributed by atoms with Gasteiger partial charge in [0.05, 0.1) is 12.8 Å². The van der Waals surface area contributed by atoms with Gasteiger partial charge in [-0.25, -0.2) is 0 Å². The van der Waals surface area contributed by atoms with E-state index in [2.05, 4.69) is 41.5 Å². The van der Waals surface area contributed by atoms with Crippen molar-refractivity contribution in [2.75, 3.05) is 43.2 Å². The first kappa shape index (κ1) is 15.0. The van der Waals surface area contributed by atoms with Crippen LogP contribution in [0.15, 0.2) is 48.5 Å². The standard InChI is InChI=1S/C17H23N3O/c1-20(15-7-4-3-5-8-15)12-6-11-19-14-9-10-16(18)17(13-14)21-2/h3-5,7-10,13,19H,6,11-12,18H2,1-2H3. The van der Waals surface area contributed by atoms with Crippen molar-refractivity contribution in [2.45, 2.75) is 6.42 Å². The molecule has 3 N–H and O–H groups in total. The number of nitrogens with two attached hydrogens (primary N) is 1. The minimum absolute atomic E-state index is 0.659. The first-order valence-corrected chi connectivity index (χ1v) is 7.14. The lowest BCUT2D eigenvalue weighted by atomic mass is 10.2. The molecule has 0 spiro atoms. The normalized spacial score (nSPS) is 10.2. The maximum atomic E-state index is 5.80. The molecule has 0 radical (unpaired) electrons. The summed E-state index contributed by atoms with van der Waals surface area (Å²) >= 11 is 0. The van der Waals surface area contributed by atoms with Crippen molar-refractivity contribution in [3.05, 3.63) is 48.5 Å². The van der Waals surface area contributed by atoms with Crippen LogP contribution in [0.25, 0.3) is 0 Å². The molecule has 0 saturated heterocycles. The van der Waals surface area contributed by atoms with E-state index < -0.39 is 0 Å². The molecule has 21 heavy (non-hydrogen) atoms. The van der Waals surface area contributed by atoms with Crippen molar-refractivity contribution in [1.82, 2.24) is 0 Å². The molecule has 0 bridgehead atoms. The fraction of sp³-hybridized carbons (Fsp3) is 0.294. The van der Waals surface area contributed by atoms with Gasteiger partial charge in [0, 0.05) is 37.6 Å². The molecular weight excluding hydrogens is 262 g/mol. The molecule has 0 saturated carbocycles. The number of hydrogen-bond donors (Lipinski definition) is 2. The predicted octanol–water partition coefficient (Wildman–Crippen LogP) is 3.22. The van der Waals surface area contributed by atoms with E-state index in [1.165, 1.54) is 5.69 Å². The van der Waals surface area contributed by atoms with Gasteiger partial charge in [-0.15, -0.1) is 0 Å².